The summed E-state index contributed by atoms with van der Waals surface area (Å²) in [5, 5.41) is 20.8. The average molecular weight is 1920 g/mol. The predicted octanol–water partition coefficient (Wildman–Crippen LogP) is 42.3. The van der Waals surface area contributed by atoms with E-state index in [-0.39, 0.29) is 5.97 Å². The van der Waals surface area contributed by atoms with E-state index in [1.807, 2.05) is 0 Å². The number of hydrogen-bond acceptors (Lipinski definition) is 3. The predicted molar refractivity (Wildman–Crippen MR) is 615 cm³/mol. The van der Waals surface area contributed by atoms with Gasteiger partial charge in [-0.3, -0.25) is 4.79 Å². The fourth-order valence-corrected chi connectivity index (χ4v) is 24.8. The first-order valence-corrected chi connectivity index (χ1v) is 57.8. The van der Waals surface area contributed by atoms with Gasteiger partial charge in [-0.1, -0.05) is 478 Å². The number of carbonyl (C=O) groups is 1. The molecule has 0 aliphatic carbocycles. The lowest BCUT2D eigenvalue weighted by atomic mass is 9.81. The van der Waals surface area contributed by atoms with Crippen molar-refractivity contribution in [3.05, 3.63) is 244 Å². The molecular weight excluding hydrogens is 1750 g/mol. The molecule has 0 saturated carbocycles. The lowest BCUT2D eigenvalue weighted by Crippen LogP contribution is -2.08. The zero-order chi connectivity index (χ0) is 98.0. The average Bonchev–Trinajstić information content (AvgIpc) is 0.721. The van der Waals surface area contributed by atoms with Crippen LogP contribution in [0.25, 0.3) is 131 Å². The van der Waals surface area contributed by atoms with Gasteiger partial charge in [0.15, 0.2) is 0 Å². The maximum Gasteiger partial charge on any atom is 0.308 e. The number of unbranched alkanes of at least 4 members (excludes halogenated alkanes) is 8. The third-order valence-corrected chi connectivity index (χ3v) is 33.9. The number of alkyl halides is 1. The Morgan fingerprint density at radius 3 is 0.576 bits per heavy atom. The fourth-order valence-electron chi connectivity index (χ4n) is 24.4. The minimum absolute atomic E-state index is 0.351. The molecule has 8 unspecified atom stereocenters. The highest BCUT2D eigenvalue weighted by molar-refractivity contribution is 9.08. The first-order valence-electron chi connectivity index (χ1n) is 56.7. The lowest BCUT2D eigenvalue weighted by molar-refractivity contribution is -0.131. The van der Waals surface area contributed by atoms with Crippen LogP contribution in [0.4, 0.5) is 0 Å². The van der Waals surface area contributed by atoms with E-state index in [9.17, 15) is 0 Å². The molecule has 14 aromatic rings. The van der Waals surface area contributed by atoms with Crippen molar-refractivity contribution in [2.24, 2.45) is 47.3 Å². The van der Waals surface area contributed by atoms with Crippen LogP contribution in [0.15, 0.2) is 194 Å². The standard InChI is InChI=1S/C135H173BrO3/c1-18-34-50-92(26-9)74-101-58-42-66-110-118(101)86-119-102(75-93(27-10)51-35-19-2)59-43-67-111(119)130(110)126-82-100(90-136)83-127(131-112-68-44-60-103(76-94(28-11)52-36-20-3)120(112)87-121-104(61-45-69-113(121)131)77-95(29-12)53-37-21-4)135(126)139-109-84-128(132-114-70-46-62-105(78-96(30-13)54-38-22-5)122(114)88-123-106(63-47-71-115(123)132)79-97(31-14)55-39-23-6)134(138-91(17)137)129(85-109)133-116-72-48-64-107(80-98(32-15)56-40-24-7)124(116)89-125-108(65-49-73-117(125)133)81-99(33-16)57-41-25-8/h42-49,58-73,82-89,92-99H,18-41,50-57,74-81,90H2,1-17H3. The van der Waals surface area contributed by atoms with Gasteiger partial charge in [0.1, 0.15) is 17.2 Å². The Kier molecular flexibility index (Phi) is 39.7. The van der Waals surface area contributed by atoms with Gasteiger partial charge in [0, 0.05) is 56.8 Å². The molecule has 0 heterocycles. The maximum atomic E-state index is 15.6. The summed E-state index contributed by atoms with van der Waals surface area (Å²) in [6.45, 7) is 39.9. The molecule has 0 aliphatic heterocycles. The van der Waals surface area contributed by atoms with Gasteiger partial charge in [-0.05, 0) is 283 Å². The van der Waals surface area contributed by atoms with E-state index >= 15 is 4.79 Å². The second-order valence-corrected chi connectivity index (χ2v) is 43.3. The summed E-state index contributed by atoms with van der Waals surface area (Å²) in [6, 6.07) is 78.8. The van der Waals surface area contributed by atoms with Crippen molar-refractivity contribution in [1.82, 2.24) is 0 Å². The van der Waals surface area contributed by atoms with Crippen LogP contribution in [-0.4, -0.2) is 5.97 Å². The molecule has 0 saturated heterocycles. The number of fused-ring (bicyclic) bond motifs is 8. The van der Waals surface area contributed by atoms with Crippen LogP contribution in [0.2, 0.25) is 0 Å². The Bertz CT molecular complexity index is 5740. The molecular formula is C135H173BrO3. The van der Waals surface area contributed by atoms with Gasteiger partial charge >= 0.3 is 5.97 Å². The Morgan fingerprint density at radius 2 is 0.417 bits per heavy atom. The number of hydrogen-bond donors (Lipinski definition) is 0. The van der Waals surface area contributed by atoms with Gasteiger partial charge in [-0.2, -0.15) is 0 Å². The summed E-state index contributed by atoms with van der Waals surface area (Å²) in [5.41, 5.74) is 20.9. The van der Waals surface area contributed by atoms with E-state index in [0.717, 1.165) is 163 Å². The van der Waals surface area contributed by atoms with E-state index in [4.69, 9.17) is 9.47 Å². The molecule has 3 nitrogen and oxygen atoms in total. The zero-order valence-corrected chi connectivity index (χ0v) is 90.8. The number of carbonyl (C=O) groups excluding carboxylic acids is 1. The third kappa shape index (κ3) is 24.9. The summed E-state index contributed by atoms with van der Waals surface area (Å²) < 4.78 is 16.8. The van der Waals surface area contributed by atoms with Gasteiger partial charge in [0.25, 0.3) is 0 Å². The maximum absolute atomic E-state index is 15.6. The van der Waals surface area contributed by atoms with Crippen LogP contribution in [0.1, 0.15) is 373 Å². The summed E-state index contributed by atoms with van der Waals surface area (Å²) in [7, 11) is 0. The Hall–Kier alpha value is -9.09. The second-order valence-electron chi connectivity index (χ2n) is 42.8. The molecule has 0 radical (unpaired) electrons. The highest BCUT2D eigenvalue weighted by atomic mass is 79.9. The van der Waals surface area contributed by atoms with Crippen molar-refractivity contribution < 1.29 is 14.3 Å². The molecule has 0 aromatic heterocycles. The first kappa shape index (κ1) is 106. The summed E-state index contributed by atoms with van der Waals surface area (Å²) in [6.07, 6.45) is 45.6. The molecule has 4 heteroatoms. The molecule has 0 bridgehead atoms. The van der Waals surface area contributed by atoms with Crippen LogP contribution in [0.3, 0.4) is 0 Å². The molecule has 14 rings (SSSR count). The van der Waals surface area contributed by atoms with E-state index in [1.165, 1.54) is 280 Å². The van der Waals surface area contributed by atoms with Gasteiger partial charge in [-0.15, -0.1) is 0 Å². The molecule has 14 aromatic carbocycles. The van der Waals surface area contributed by atoms with Crippen molar-refractivity contribution >= 4 is 108 Å². The molecule has 8 atom stereocenters. The van der Waals surface area contributed by atoms with E-state index in [0.29, 0.717) is 64.2 Å². The minimum Gasteiger partial charge on any atom is -0.456 e. The zero-order valence-electron chi connectivity index (χ0n) is 89.2. The molecule has 738 valence electrons. The van der Waals surface area contributed by atoms with Crippen LogP contribution >= 0.6 is 15.9 Å². The van der Waals surface area contributed by atoms with Crippen LogP contribution < -0.4 is 9.47 Å². The molecule has 0 aliphatic rings. The Balaban J connectivity index is 1.24. The van der Waals surface area contributed by atoms with Crippen molar-refractivity contribution in [2.45, 2.75) is 380 Å². The Morgan fingerprint density at radius 1 is 0.237 bits per heavy atom. The largest absolute Gasteiger partial charge is 0.456 e. The fraction of sp³-hybridized carbons (Fsp3) is 0.489. The minimum atomic E-state index is -0.351. The molecule has 0 spiro atoms. The number of halogens is 1. The van der Waals surface area contributed by atoms with Gasteiger partial charge in [-0.25, -0.2) is 0 Å². The molecule has 0 fully saturated rings. The monoisotopic (exact) mass is 1920 g/mol. The lowest BCUT2D eigenvalue weighted by Gasteiger charge is -2.26. The number of esters is 1. The van der Waals surface area contributed by atoms with E-state index in [2.05, 4.69) is 321 Å². The molecule has 0 amide bonds. The van der Waals surface area contributed by atoms with Crippen LogP contribution in [-0.2, 0) is 61.5 Å². The summed E-state index contributed by atoms with van der Waals surface area (Å²) >= 11 is 4.36. The van der Waals surface area contributed by atoms with Crippen molar-refractivity contribution in [1.29, 1.82) is 0 Å². The quantitative estimate of drug-likeness (QED) is 0.0165. The summed E-state index contributed by atoms with van der Waals surface area (Å²) in [5.74, 6) is 5.94. The van der Waals surface area contributed by atoms with Gasteiger partial charge in [0.05, 0.1) is 0 Å². The number of benzene rings is 14. The highest BCUT2D eigenvalue weighted by Gasteiger charge is 2.33. The van der Waals surface area contributed by atoms with Crippen molar-refractivity contribution in [3.63, 3.8) is 0 Å². The van der Waals surface area contributed by atoms with Crippen LogP contribution in [0, 0.1) is 47.3 Å². The Labute approximate surface area is 849 Å². The summed E-state index contributed by atoms with van der Waals surface area (Å²) in [4.78, 5) is 15.6. The van der Waals surface area contributed by atoms with E-state index < -0.39 is 0 Å². The van der Waals surface area contributed by atoms with Gasteiger partial charge < -0.3 is 9.47 Å². The molecule has 139 heavy (non-hydrogen) atoms. The van der Waals surface area contributed by atoms with Crippen LogP contribution in [0.5, 0.6) is 17.2 Å². The van der Waals surface area contributed by atoms with Crippen molar-refractivity contribution in [2.75, 3.05) is 0 Å². The highest BCUT2D eigenvalue weighted by Crippen LogP contribution is 2.57. The normalized spacial score (nSPS) is 13.8. The van der Waals surface area contributed by atoms with E-state index in [1.54, 1.807) is 6.92 Å². The molecule has 0 N–H and O–H groups in total. The van der Waals surface area contributed by atoms with Crippen molar-refractivity contribution in [3.8, 4) is 61.8 Å². The third-order valence-electron chi connectivity index (χ3n) is 33.2. The second kappa shape index (κ2) is 52.3. The topological polar surface area (TPSA) is 35.5 Å². The number of ether oxygens (including phenoxy) is 2. The smallest absolute Gasteiger partial charge is 0.308 e. The van der Waals surface area contributed by atoms with Gasteiger partial charge in [0.2, 0.25) is 0 Å². The first-order chi connectivity index (χ1) is 68.0. The SMILES string of the molecule is CCCCC(CC)Cc1cccc2c(-c3cc(Oc4c(-c5c6cccc(CC(CC)CCCC)c6cc6c(CC(CC)CCCC)cccc56)cc(CBr)cc4-c4c5cccc(CC(CC)CCCC)c5cc5c(CC(CC)CCCC)cccc45)cc(-c4c5cccc(CC(CC)CCCC)c5cc5c(CC(CC)CCCC)cccc45)c3OC(C)=O)c3cccc(CC(CC)CCCC)c3cc12. The number of rotatable bonds is 56.